The van der Waals surface area contributed by atoms with Gasteiger partial charge in [-0.25, -0.2) is 8.42 Å². The zero-order valence-corrected chi connectivity index (χ0v) is 19.2. The van der Waals surface area contributed by atoms with Gasteiger partial charge in [0.2, 0.25) is 15.9 Å². The minimum absolute atomic E-state index is 0.0782. The van der Waals surface area contributed by atoms with Gasteiger partial charge in [-0.2, -0.15) is 4.31 Å². The van der Waals surface area contributed by atoms with Crippen LogP contribution in [-0.2, 0) is 21.2 Å². The molecule has 1 aliphatic carbocycles. The quantitative estimate of drug-likeness (QED) is 0.633. The molecule has 164 valence electrons. The van der Waals surface area contributed by atoms with E-state index in [2.05, 4.69) is 15.9 Å². The summed E-state index contributed by atoms with van der Waals surface area (Å²) in [5, 5.41) is 0. The highest BCUT2D eigenvalue weighted by Crippen LogP contribution is 2.40. The van der Waals surface area contributed by atoms with Gasteiger partial charge in [0.15, 0.2) is 5.76 Å². The molecule has 2 aliphatic heterocycles. The average Bonchev–Trinajstić information content (AvgIpc) is 3.31. The minimum atomic E-state index is -3.78. The standard InChI is InChI=1S/C21H22BrN3O5S/c22-16-12-15-5-6-25(20(26)14-3-4-14)17(15)13-19(16)31(28,29)24-9-7-23(8-10-24)21(27)18-2-1-11-30-18/h1-2,11-14H,3-10H2. The van der Waals surface area contributed by atoms with Gasteiger partial charge in [0.25, 0.3) is 5.91 Å². The third-order valence-corrected chi connectivity index (χ3v) is 8.95. The molecule has 3 heterocycles. The first-order chi connectivity index (χ1) is 14.9. The Bertz CT molecular complexity index is 1140. The van der Waals surface area contributed by atoms with E-state index >= 15 is 0 Å². The Balaban J connectivity index is 1.36. The molecule has 2 aromatic rings. The van der Waals surface area contributed by atoms with Crippen molar-refractivity contribution in [3.05, 3.63) is 46.3 Å². The molecule has 0 radical (unpaired) electrons. The average molecular weight is 508 g/mol. The first-order valence-electron chi connectivity index (χ1n) is 10.3. The van der Waals surface area contributed by atoms with E-state index in [1.165, 1.54) is 10.6 Å². The SMILES string of the molecule is O=C(c1ccco1)N1CCN(S(=O)(=O)c2cc3c(cc2Br)CCN3C(=O)C2CC2)CC1. The van der Waals surface area contributed by atoms with Crippen molar-refractivity contribution < 1.29 is 22.4 Å². The summed E-state index contributed by atoms with van der Waals surface area (Å²) in [4.78, 5) is 28.6. The highest BCUT2D eigenvalue weighted by atomic mass is 79.9. The molecule has 0 spiro atoms. The maximum atomic E-state index is 13.4. The third-order valence-electron chi connectivity index (χ3n) is 6.10. The molecule has 31 heavy (non-hydrogen) atoms. The van der Waals surface area contributed by atoms with Gasteiger partial charge in [-0.05, 0) is 65.0 Å². The van der Waals surface area contributed by atoms with Crippen molar-refractivity contribution in [3.8, 4) is 0 Å². The number of benzene rings is 1. The summed E-state index contributed by atoms with van der Waals surface area (Å²) in [6, 6.07) is 6.69. The molecule has 0 bridgehead atoms. The van der Waals surface area contributed by atoms with E-state index in [1.54, 1.807) is 28.0 Å². The molecule has 1 aromatic carbocycles. The van der Waals surface area contributed by atoms with Crippen LogP contribution in [-0.4, -0.2) is 62.2 Å². The van der Waals surface area contributed by atoms with Crippen molar-refractivity contribution >= 4 is 43.5 Å². The maximum absolute atomic E-state index is 13.4. The highest BCUT2D eigenvalue weighted by Gasteiger charge is 2.38. The lowest BCUT2D eigenvalue weighted by molar-refractivity contribution is -0.119. The second-order valence-electron chi connectivity index (χ2n) is 8.10. The van der Waals surface area contributed by atoms with Crippen LogP contribution in [0.3, 0.4) is 0 Å². The first kappa shape index (κ1) is 20.7. The van der Waals surface area contributed by atoms with Gasteiger partial charge in [0.1, 0.15) is 0 Å². The topological polar surface area (TPSA) is 91.1 Å². The van der Waals surface area contributed by atoms with Gasteiger partial charge in [0.05, 0.1) is 11.2 Å². The number of fused-ring (bicyclic) bond motifs is 1. The summed E-state index contributed by atoms with van der Waals surface area (Å²) in [6.07, 6.45) is 3.98. The van der Waals surface area contributed by atoms with E-state index in [4.69, 9.17) is 4.42 Å². The Kier molecular flexibility index (Phi) is 5.18. The number of sulfonamides is 1. The van der Waals surface area contributed by atoms with Gasteiger partial charge in [-0.1, -0.05) is 0 Å². The largest absolute Gasteiger partial charge is 0.459 e. The molecule has 3 aliphatic rings. The van der Waals surface area contributed by atoms with Gasteiger partial charge in [-0.3, -0.25) is 9.59 Å². The summed E-state index contributed by atoms with van der Waals surface area (Å²) in [5.41, 5.74) is 1.68. The Morgan fingerprint density at radius 2 is 1.81 bits per heavy atom. The fourth-order valence-corrected chi connectivity index (χ4v) is 6.68. The van der Waals surface area contributed by atoms with Crippen LogP contribution in [0.15, 0.2) is 44.3 Å². The van der Waals surface area contributed by atoms with Crippen LogP contribution in [0.25, 0.3) is 0 Å². The van der Waals surface area contributed by atoms with Crippen LogP contribution in [0.4, 0.5) is 5.69 Å². The zero-order valence-electron chi connectivity index (χ0n) is 16.8. The molecule has 5 rings (SSSR count). The van der Waals surface area contributed by atoms with Crippen LogP contribution < -0.4 is 4.90 Å². The van der Waals surface area contributed by atoms with E-state index in [-0.39, 0.29) is 54.6 Å². The fraction of sp³-hybridized carbons (Fsp3) is 0.429. The molecule has 1 saturated carbocycles. The highest BCUT2D eigenvalue weighted by molar-refractivity contribution is 9.10. The molecule has 0 N–H and O–H groups in total. The number of hydrogen-bond acceptors (Lipinski definition) is 5. The van der Waals surface area contributed by atoms with Crippen LogP contribution in [0.5, 0.6) is 0 Å². The van der Waals surface area contributed by atoms with E-state index in [9.17, 15) is 18.0 Å². The summed E-state index contributed by atoms with van der Waals surface area (Å²) in [7, 11) is -3.78. The molecule has 0 unspecified atom stereocenters. The third kappa shape index (κ3) is 3.70. The van der Waals surface area contributed by atoms with Crippen molar-refractivity contribution in [3.63, 3.8) is 0 Å². The summed E-state index contributed by atoms with van der Waals surface area (Å²) >= 11 is 3.43. The Morgan fingerprint density at radius 3 is 2.45 bits per heavy atom. The smallest absolute Gasteiger partial charge is 0.289 e. The Morgan fingerprint density at radius 1 is 1.06 bits per heavy atom. The minimum Gasteiger partial charge on any atom is -0.459 e. The number of halogens is 1. The lowest BCUT2D eigenvalue weighted by Crippen LogP contribution is -2.50. The molecule has 1 aromatic heterocycles. The van der Waals surface area contributed by atoms with Gasteiger partial charge >= 0.3 is 0 Å². The van der Waals surface area contributed by atoms with Crippen molar-refractivity contribution in [2.45, 2.75) is 24.2 Å². The molecule has 2 amide bonds. The number of carbonyl (C=O) groups is 2. The van der Waals surface area contributed by atoms with E-state index in [1.807, 2.05) is 6.07 Å². The number of nitrogens with zero attached hydrogens (tertiary/aromatic N) is 3. The predicted molar refractivity (Wildman–Crippen MR) is 116 cm³/mol. The van der Waals surface area contributed by atoms with Crippen molar-refractivity contribution in [2.75, 3.05) is 37.6 Å². The zero-order chi connectivity index (χ0) is 21.8. The summed E-state index contributed by atoms with van der Waals surface area (Å²) < 4.78 is 33.9. The second-order valence-corrected chi connectivity index (χ2v) is 10.9. The molecule has 8 nitrogen and oxygen atoms in total. The number of amides is 2. The lowest BCUT2D eigenvalue weighted by atomic mass is 10.2. The molecular formula is C21H22BrN3O5S. The lowest BCUT2D eigenvalue weighted by Gasteiger charge is -2.33. The van der Waals surface area contributed by atoms with Crippen LogP contribution in [0.2, 0.25) is 0 Å². The number of anilines is 1. The van der Waals surface area contributed by atoms with Crippen molar-refractivity contribution in [1.82, 2.24) is 9.21 Å². The van der Waals surface area contributed by atoms with Gasteiger partial charge in [-0.15, -0.1) is 0 Å². The number of piperazine rings is 1. The van der Waals surface area contributed by atoms with Crippen LogP contribution in [0, 0.1) is 5.92 Å². The molecular weight excluding hydrogens is 486 g/mol. The van der Waals surface area contributed by atoms with Crippen molar-refractivity contribution in [1.29, 1.82) is 0 Å². The van der Waals surface area contributed by atoms with Gasteiger partial charge < -0.3 is 14.2 Å². The Labute approximate surface area is 189 Å². The monoisotopic (exact) mass is 507 g/mol. The molecule has 10 heteroatoms. The first-order valence-corrected chi connectivity index (χ1v) is 12.6. The molecule has 1 saturated heterocycles. The number of furan rings is 1. The summed E-state index contributed by atoms with van der Waals surface area (Å²) in [5.74, 6) is 0.178. The van der Waals surface area contributed by atoms with Crippen LogP contribution in [0.1, 0.15) is 29.0 Å². The van der Waals surface area contributed by atoms with Gasteiger partial charge in [0, 0.05) is 48.8 Å². The Hall–Kier alpha value is -2.17. The number of rotatable bonds is 4. The summed E-state index contributed by atoms with van der Waals surface area (Å²) in [6.45, 7) is 1.56. The fourth-order valence-electron chi connectivity index (χ4n) is 4.19. The second kappa shape index (κ2) is 7.75. The predicted octanol–water partition coefficient (Wildman–Crippen LogP) is 2.49. The van der Waals surface area contributed by atoms with Crippen LogP contribution >= 0.6 is 15.9 Å². The van der Waals surface area contributed by atoms with E-state index < -0.39 is 10.0 Å². The number of hydrogen-bond donors (Lipinski definition) is 0. The normalized spacial score (nSPS) is 19.5. The van der Waals surface area contributed by atoms with E-state index in [0.29, 0.717) is 16.7 Å². The molecule has 2 fully saturated rings. The maximum Gasteiger partial charge on any atom is 0.289 e. The van der Waals surface area contributed by atoms with E-state index in [0.717, 1.165) is 24.8 Å². The number of carbonyl (C=O) groups excluding carboxylic acids is 2. The molecule has 0 atom stereocenters. The van der Waals surface area contributed by atoms with Crippen molar-refractivity contribution in [2.24, 2.45) is 5.92 Å².